The van der Waals surface area contributed by atoms with E-state index < -0.39 is 39.9 Å². The molecular formula is C19H17FN4O5S. The van der Waals surface area contributed by atoms with Crippen LogP contribution in [0.2, 0.25) is 0 Å². The van der Waals surface area contributed by atoms with Crippen LogP contribution >= 0.6 is 0 Å². The number of nitrogens with zero attached hydrogens (tertiary/aromatic N) is 2. The number of aromatic nitrogens is 2. The van der Waals surface area contributed by atoms with Crippen LogP contribution in [-0.2, 0) is 21.4 Å². The Hall–Kier alpha value is -3.44. The lowest BCUT2D eigenvalue weighted by molar-refractivity contribution is -0.00421. The SMILES string of the molecule is Nc1ccccc1S(=O)(=O)N1CC(n2c(=O)[nH]cc(F)c2=O)OCc2ccccc21. The zero-order valence-corrected chi connectivity index (χ0v) is 16.3. The van der Waals surface area contributed by atoms with Gasteiger partial charge in [0.2, 0.25) is 5.82 Å². The highest BCUT2D eigenvalue weighted by atomic mass is 32.2. The van der Waals surface area contributed by atoms with E-state index in [9.17, 15) is 22.4 Å². The first kappa shape index (κ1) is 19.9. The highest BCUT2D eigenvalue weighted by Gasteiger charge is 2.34. The molecule has 0 radical (unpaired) electrons. The Morgan fingerprint density at radius 3 is 2.57 bits per heavy atom. The summed E-state index contributed by atoms with van der Waals surface area (Å²) >= 11 is 0. The van der Waals surface area contributed by atoms with Crippen molar-refractivity contribution in [3.63, 3.8) is 0 Å². The molecule has 1 aromatic heterocycles. The monoisotopic (exact) mass is 432 g/mol. The number of hydrogen-bond donors (Lipinski definition) is 2. The highest BCUT2D eigenvalue weighted by molar-refractivity contribution is 7.93. The molecule has 1 aliphatic rings. The first-order valence-corrected chi connectivity index (χ1v) is 10.3. The minimum absolute atomic E-state index is 0.0393. The van der Waals surface area contributed by atoms with Gasteiger partial charge in [-0.05, 0) is 18.2 Å². The average Bonchev–Trinajstić information content (AvgIpc) is 2.92. The van der Waals surface area contributed by atoms with Gasteiger partial charge < -0.3 is 15.5 Å². The number of aromatic amines is 1. The molecule has 0 saturated heterocycles. The van der Waals surface area contributed by atoms with Crippen LogP contribution in [0.1, 0.15) is 11.8 Å². The van der Waals surface area contributed by atoms with Crippen LogP contribution in [0, 0.1) is 5.82 Å². The second kappa shape index (κ2) is 7.43. The fourth-order valence-electron chi connectivity index (χ4n) is 3.30. The third kappa shape index (κ3) is 3.27. The molecule has 1 aliphatic heterocycles. The van der Waals surface area contributed by atoms with Crippen molar-refractivity contribution in [2.45, 2.75) is 17.7 Å². The largest absolute Gasteiger partial charge is 0.398 e. The normalized spacial score (nSPS) is 16.7. The second-order valence-corrected chi connectivity index (χ2v) is 8.42. The lowest BCUT2D eigenvalue weighted by Gasteiger charge is -2.27. The van der Waals surface area contributed by atoms with Crippen LogP contribution in [0.15, 0.2) is 69.2 Å². The fraction of sp³-hybridized carbons (Fsp3) is 0.158. The molecule has 3 N–H and O–H groups in total. The molecule has 0 amide bonds. The van der Waals surface area contributed by atoms with Gasteiger partial charge in [-0.15, -0.1) is 0 Å². The number of sulfonamides is 1. The van der Waals surface area contributed by atoms with Crippen molar-refractivity contribution >= 4 is 21.4 Å². The fourth-order valence-corrected chi connectivity index (χ4v) is 4.91. The summed E-state index contributed by atoms with van der Waals surface area (Å²) in [5.41, 5.74) is 4.61. The van der Waals surface area contributed by atoms with E-state index in [0.717, 1.165) is 4.31 Å². The number of ether oxygens (including phenoxy) is 1. The number of benzene rings is 2. The lowest BCUT2D eigenvalue weighted by Crippen LogP contribution is -2.45. The van der Waals surface area contributed by atoms with Crippen molar-refractivity contribution in [1.82, 2.24) is 9.55 Å². The Balaban J connectivity index is 1.90. The summed E-state index contributed by atoms with van der Waals surface area (Å²) in [6.07, 6.45) is -0.727. The molecule has 30 heavy (non-hydrogen) atoms. The molecule has 1 atom stereocenters. The molecule has 0 fully saturated rings. The number of para-hydroxylation sites is 2. The molecule has 1 unspecified atom stereocenters. The number of fused-ring (bicyclic) bond motifs is 1. The summed E-state index contributed by atoms with van der Waals surface area (Å²) in [7, 11) is -4.20. The molecular weight excluding hydrogens is 415 g/mol. The molecule has 2 aromatic carbocycles. The molecule has 4 rings (SSSR count). The van der Waals surface area contributed by atoms with Crippen molar-refractivity contribution in [3.8, 4) is 0 Å². The summed E-state index contributed by atoms with van der Waals surface area (Å²) in [6, 6.07) is 12.5. The third-order valence-electron chi connectivity index (χ3n) is 4.75. The summed E-state index contributed by atoms with van der Waals surface area (Å²) in [5.74, 6) is -1.19. The quantitative estimate of drug-likeness (QED) is 0.599. The van der Waals surface area contributed by atoms with E-state index in [1.165, 1.54) is 18.2 Å². The molecule has 9 nitrogen and oxygen atoms in total. The van der Waals surface area contributed by atoms with Gasteiger partial charge in [0.25, 0.3) is 15.6 Å². The van der Waals surface area contributed by atoms with Crippen molar-refractivity contribution < 1.29 is 17.5 Å². The predicted octanol–water partition coefficient (Wildman–Crippen LogP) is 1.18. The maximum Gasteiger partial charge on any atom is 0.330 e. The van der Waals surface area contributed by atoms with Crippen LogP contribution in [0.3, 0.4) is 0 Å². The number of anilines is 2. The van der Waals surface area contributed by atoms with Gasteiger partial charge in [-0.25, -0.2) is 17.8 Å². The van der Waals surface area contributed by atoms with Gasteiger partial charge in [0.05, 0.1) is 24.5 Å². The Labute approximate surface area is 170 Å². The van der Waals surface area contributed by atoms with Gasteiger partial charge in [0.15, 0.2) is 6.23 Å². The number of rotatable bonds is 3. The van der Waals surface area contributed by atoms with Gasteiger partial charge in [-0.3, -0.25) is 9.10 Å². The maximum atomic E-state index is 13.8. The molecule has 0 aliphatic carbocycles. The number of H-pyrrole nitrogens is 1. The Kier molecular flexibility index (Phi) is 4.92. The third-order valence-corrected chi connectivity index (χ3v) is 6.61. The zero-order chi connectivity index (χ0) is 21.5. The van der Waals surface area contributed by atoms with E-state index in [2.05, 4.69) is 4.98 Å². The maximum absolute atomic E-state index is 13.8. The number of nitrogens with one attached hydrogen (secondary N) is 1. The average molecular weight is 432 g/mol. The minimum atomic E-state index is -4.20. The molecule has 0 spiro atoms. The van der Waals surface area contributed by atoms with E-state index in [4.69, 9.17) is 10.5 Å². The minimum Gasteiger partial charge on any atom is -0.398 e. The van der Waals surface area contributed by atoms with E-state index in [0.29, 0.717) is 22.0 Å². The van der Waals surface area contributed by atoms with Crippen LogP contribution in [0.25, 0.3) is 0 Å². The second-order valence-electron chi connectivity index (χ2n) is 6.59. The summed E-state index contributed by atoms with van der Waals surface area (Å²) in [5, 5.41) is 0. The molecule has 0 saturated carbocycles. The summed E-state index contributed by atoms with van der Waals surface area (Å²) in [4.78, 5) is 26.5. The molecule has 156 valence electrons. The van der Waals surface area contributed by atoms with Crippen LogP contribution in [-0.4, -0.2) is 24.5 Å². The van der Waals surface area contributed by atoms with E-state index in [1.807, 2.05) is 0 Å². The molecule has 3 aromatic rings. The van der Waals surface area contributed by atoms with Gasteiger partial charge in [0, 0.05) is 11.8 Å². The van der Waals surface area contributed by atoms with Crippen molar-refractivity contribution in [3.05, 3.63) is 86.9 Å². The smallest absolute Gasteiger partial charge is 0.330 e. The van der Waals surface area contributed by atoms with Gasteiger partial charge >= 0.3 is 5.69 Å². The summed E-state index contributed by atoms with van der Waals surface area (Å²) in [6.45, 7) is -0.542. The highest BCUT2D eigenvalue weighted by Crippen LogP contribution is 2.34. The lowest BCUT2D eigenvalue weighted by atomic mass is 10.2. The van der Waals surface area contributed by atoms with Gasteiger partial charge in [-0.1, -0.05) is 30.3 Å². The number of halogens is 1. The van der Waals surface area contributed by atoms with Crippen molar-refractivity contribution in [2.24, 2.45) is 0 Å². The van der Waals surface area contributed by atoms with E-state index >= 15 is 0 Å². The van der Waals surface area contributed by atoms with E-state index in [1.54, 1.807) is 30.3 Å². The Morgan fingerprint density at radius 2 is 1.80 bits per heavy atom. The van der Waals surface area contributed by atoms with Gasteiger partial charge in [-0.2, -0.15) is 4.39 Å². The van der Waals surface area contributed by atoms with Crippen molar-refractivity contribution in [1.29, 1.82) is 0 Å². The van der Waals surface area contributed by atoms with E-state index in [-0.39, 0.29) is 17.2 Å². The predicted molar refractivity (Wildman–Crippen MR) is 107 cm³/mol. The number of hydrogen-bond acceptors (Lipinski definition) is 6. The zero-order valence-electron chi connectivity index (χ0n) is 15.5. The Morgan fingerprint density at radius 1 is 1.10 bits per heavy atom. The molecule has 11 heteroatoms. The van der Waals surface area contributed by atoms with Crippen molar-refractivity contribution in [2.75, 3.05) is 16.6 Å². The first-order valence-electron chi connectivity index (χ1n) is 8.87. The van der Waals surface area contributed by atoms with Crippen LogP contribution < -0.4 is 21.3 Å². The summed E-state index contributed by atoms with van der Waals surface area (Å²) < 4.78 is 48.0. The molecule has 2 heterocycles. The first-order chi connectivity index (χ1) is 14.3. The Bertz CT molecular complexity index is 1330. The van der Waals surface area contributed by atoms with Crippen LogP contribution in [0.4, 0.5) is 15.8 Å². The van der Waals surface area contributed by atoms with Gasteiger partial charge in [0.1, 0.15) is 4.90 Å². The number of nitrogens with two attached hydrogens (primary N) is 1. The standard InChI is InChI=1S/C19H17FN4O5S/c20-13-9-22-19(26)24(18(13)25)17-10-23(15-7-3-1-5-12(15)11-29-17)30(27,28)16-8-4-2-6-14(16)21/h1-9,17H,10-11,21H2,(H,22,26). The number of nitrogen functional groups attached to an aromatic ring is 1. The van der Waals surface area contributed by atoms with Crippen LogP contribution in [0.5, 0.6) is 0 Å². The topological polar surface area (TPSA) is 127 Å². The molecule has 0 bridgehead atoms.